The third kappa shape index (κ3) is 7.32. The van der Waals surface area contributed by atoms with Gasteiger partial charge in [-0.1, -0.05) is 13.8 Å². The van der Waals surface area contributed by atoms with Crippen LogP contribution in [0.25, 0.3) is 0 Å². The first-order valence-corrected chi connectivity index (χ1v) is 8.45. The molecule has 17 heavy (non-hydrogen) atoms. The fourth-order valence-electron chi connectivity index (χ4n) is 2.22. The minimum Gasteiger partial charge on any atom is -0.378 e. The molecule has 1 heterocycles. The van der Waals surface area contributed by atoms with Crippen molar-refractivity contribution in [3.05, 3.63) is 0 Å². The molecule has 2 nitrogen and oxygen atoms in total. The average molecular weight is 259 g/mol. The van der Waals surface area contributed by atoms with Gasteiger partial charge < -0.3 is 10.1 Å². The standard InChI is InChI=1S/C14H29NOS/c1-3-9-15-13(12-17-11-4-2)7-8-14-6-5-10-16-14/h13-15H,3-12H2,1-2H3. The van der Waals surface area contributed by atoms with Crippen LogP contribution < -0.4 is 5.32 Å². The van der Waals surface area contributed by atoms with E-state index in [1.807, 2.05) is 0 Å². The van der Waals surface area contributed by atoms with Crippen LogP contribution in [0.3, 0.4) is 0 Å². The van der Waals surface area contributed by atoms with Crippen molar-refractivity contribution in [2.45, 2.75) is 64.5 Å². The van der Waals surface area contributed by atoms with E-state index in [2.05, 4.69) is 30.9 Å². The van der Waals surface area contributed by atoms with Gasteiger partial charge in [0.05, 0.1) is 6.10 Å². The lowest BCUT2D eigenvalue weighted by Gasteiger charge is -2.19. The topological polar surface area (TPSA) is 21.3 Å². The van der Waals surface area contributed by atoms with Gasteiger partial charge in [-0.2, -0.15) is 11.8 Å². The first-order chi connectivity index (χ1) is 8.36. The van der Waals surface area contributed by atoms with E-state index in [1.54, 1.807) is 0 Å². The molecule has 1 N–H and O–H groups in total. The van der Waals surface area contributed by atoms with Gasteiger partial charge in [-0.25, -0.2) is 0 Å². The molecular formula is C14H29NOS. The second kappa shape index (κ2) is 10.2. The third-order valence-corrected chi connectivity index (χ3v) is 4.55. The third-order valence-electron chi connectivity index (χ3n) is 3.21. The molecule has 1 rings (SSSR count). The zero-order chi connectivity index (χ0) is 12.3. The lowest BCUT2D eigenvalue weighted by molar-refractivity contribution is 0.100. The first-order valence-electron chi connectivity index (χ1n) is 7.29. The molecule has 1 aliphatic rings. The number of hydrogen-bond donors (Lipinski definition) is 1. The normalized spacial score (nSPS) is 21.9. The summed E-state index contributed by atoms with van der Waals surface area (Å²) >= 11 is 2.09. The summed E-state index contributed by atoms with van der Waals surface area (Å²) in [5.74, 6) is 2.56. The van der Waals surface area contributed by atoms with Crippen molar-refractivity contribution in [2.75, 3.05) is 24.7 Å². The molecule has 0 amide bonds. The number of nitrogens with one attached hydrogen (secondary N) is 1. The molecule has 102 valence electrons. The van der Waals surface area contributed by atoms with E-state index in [0.29, 0.717) is 12.1 Å². The summed E-state index contributed by atoms with van der Waals surface area (Å²) in [7, 11) is 0. The highest BCUT2D eigenvalue weighted by atomic mass is 32.2. The Labute approximate surface area is 111 Å². The van der Waals surface area contributed by atoms with Crippen LogP contribution >= 0.6 is 11.8 Å². The van der Waals surface area contributed by atoms with Gasteiger partial charge in [0.1, 0.15) is 0 Å². The Balaban J connectivity index is 2.13. The van der Waals surface area contributed by atoms with Gasteiger partial charge in [-0.15, -0.1) is 0 Å². The van der Waals surface area contributed by atoms with Crippen LogP contribution in [-0.4, -0.2) is 36.8 Å². The summed E-state index contributed by atoms with van der Waals surface area (Å²) < 4.78 is 5.70. The molecule has 0 aliphatic carbocycles. The summed E-state index contributed by atoms with van der Waals surface area (Å²) in [5.41, 5.74) is 0. The number of hydrogen-bond acceptors (Lipinski definition) is 3. The van der Waals surface area contributed by atoms with Gasteiger partial charge in [0, 0.05) is 18.4 Å². The highest BCUT2D eigenvalue weighted by molar-refractivity contribution is 7.99. The summed E-state index contributed by atoms with van der Waals surface area (Å²) in [4.78, 5) is 0. The van der Waals surface area contributed by atoms with E-state index in [1.165, 1.54) is 50.0 Å². The molecule has 1 fully saturated rings. The zero-order valence-electron chi connectivity index (χ0n) is 11.5. The Morgan fingerprint density at radius 2 is 2.24 bits per heavy atom. The van der Waals surface area contributed by atoms with Crippen molar-refractivity contribution in [1.29, 1.82) is 0 Å². The van der Waals surface area contributed by atoms with Gasteiger partial charge >= 0.3 is 0 Å². The Morgan fingerprint density at radius 1 is 1.35 bits per heavy atom. The number of rotatable bonds is 10. The monoisotopic (exact) mass is 259 g/mol. The van der Waals surface area contributed by atoms with Crippen molar-refractivity contribution >= 4 is 11.8 Å². The molecule has 2 atom stereocenters. The molecule has 3 heteroatoms. The van der Waals surface area contributed by atoms with Crippen LogP contribution in [0.2, 0.25) is 0 Å². The van der Waals surface area contributed by atoms with Gasteiger partial charge in [0.2, 0.25) is 0 Å². The van der Waals surface area contributed by atoms with E-state index >= 15 is 0 Å². The quantitative estimate of drug-likeness (QED) is 0.607. The van der Waals surface area contributed by atoms with Crippen LogP contribution in [0.5, 0.6) is 0 Å². The highest BCUT2D eigenvalue weighted by Gasteiger charge is 2.17. The highest BCUT2D eigenvalue weighted by Crippen LogP contribution is 2.19. The fourth-order valence-corrected chi connectivity index (χ4v) is 3.25. The molecule has 0 spiro atoms. The van der Waals surface area contributed by atoms with Gasteiger partial charge in [0.25, 0.3) is 0 Å². The number of ether oxygens (including phenoxy) is 1. The Bertz CT molecular complexity index is 172. The van der Waals surface area contributed by atoms with E-state index in [9.17, 15) is 0 Å². The zero-order valence-corrected chi connectivity index (χ0v) is 12.4. The van der Waals surface area contributed by atoms with E-state index in [0.717, 1.165) is 13.2 Å². The molecule has 0 aromatic rings. The lowest BCUT2D eigenvalue weighted by Crippen LogP contribution is -2.33. The van der Waals surface area contributed by atoms with E-state index in [4.69, 9.17) is 4.74 Å². The second-order valence-corrected chi connectivity index (χ2v) is 6.09. The molecule has 0 radical (unpaired) electrons. The van der Waals surface area contributed by atoms with Crippen LogP contribution in [0.4, 0.5) is 0 Å². The second-order valence-electron chi connectivity index (χ2n) is 4.94. The molecule has 0 bridgehead atoms. The summed E-state index contributed by atoms with van der Waals surface area (Å²) in [6.45, 7) is 6.64. The van der Waals surface area contributed by atoms with Crippen LogP contribution in [0.1, 0.15) is 52.4 Å². The maximum absolute atomic E-state index is 5.70. The minimum atomic E-state index is 0.553. The Kier molecular flexibility index (Phi) is 9.21. The van der Waals surface area contributed by atoms with Crippen LogP contribution in [-0.2, 0) is 4.74 Å². The van der Waals surface area contributed by atoms with Crippen molar-refractivity contribution < 1.29 is 4.74 Å². The maximum atomic E-state index is 5.70. The summed E-state index contributed by atoms with van der Waals surface area (Å²) in [5, 5.41) is 3.68. The molecule has 2 unspecified atom stereocenters. The number of thioether (sulfide) groups is 1. The predicted molar refractivity (Wildman–Crippen MR) is 77.9 cm³/mol. The van der Waals surface area contributed by atoms with Gasteiger partial charge in [0.15, 0.2) is 0 Å². The molecule has 1 aliphatic heterocycles. The fraction of sp³-hybridized carbons (Fsp3) is 1.00. The Morgan fingerprint density at radius 3 is 2.88 bits per heavy atom. The minimum absolute atomic E-state index is 0.553. The largest absolute Gasteiger partial charge is 0.378 e. The van der Waals surface area contributed by atoms with Crippen LogP contribution in [0.15, 0.2) is 0 Å². The molecule has 0 saturated carbocycles. The molecule has 1 saturated heterocycles. The smallest absolute Gasteiger partial charge is 0.0576 e. The Hall–Kier alpha value is 0.270. The van der Waals surface area contributed by atoms with E-state index < -0.39 is 0 Å². The molecule has 0 aromatic carbocycles. The first kappa shape index (κ1) is 15.3. The SMILES string of the molecule is CCCNC(CCC1CCCO1)CSCCC. The van der Waals surface area contributed by atoms with Crippen LogP contribution in [0, 0.1) is 0 Å². The maximum Gasteiger partial charge on any atom is 0.0576 e. The van der Waals surface area contributed by atoms with Crippen molar-refractivity contribution in [2.24, 2.45) is 0 Å². The van der Waals surface area contributed by atoms with Crippen molar-refractivity contribution in [3.63, 3.8) is 0 Å². The summed E-state index contributed by atoms with van der Waals surface area (Å²) in [6, 6.07) is 0.690. The predicted octanol–water partition coefficient (Wildman–Crippen LogP) is 3.46. The lowest BCUT2D eigenvalue weighted by atomic mass is 10.1. The van der Waals surface area contributed by atoms with Crippen molar-refractivity contribution in [3.8, 4) is 0 Å². The van der Waals surface area contributed by atoms with Gasteiger partial charge in [-0.3, -0.25) is 0 Å². The molecular weight excluding hydrogens is 230 g/mol. The summed E-state index contributed by atoms with van der Waals surface area (Å²) in [6.07, 6.45) is 8.14. The van der Waals surface area contributed by atoms with Gasteiger partial charge in [-0.05, 0) is 50.8 Å². The molecule has 0 aromatic heterocycles. The average Bonchev–Trinajstić information content (AvgIpc) is 2.85. The van der Waals surface area contributed by atoms with Crippen molar-refractivity contribution in [1.82, 2.24) is 5.32 Å². The van der Waals surface area contributed by atoms with E-state index in [-0.39, 0.29) is 0 Å².